The molecule has 0 saturated heterocycles. The quantitative estimate of drug-likeness (QED) is 0.576. The van der Waals surface area contributed by atoms with Crippen LogP contribution in [0.5, 0.6) is 0 Å². The molecular weight excluding hydrogens is 224 g/mol. The first-order chi connectivity index (χ1) is 8.43. The van der Waals surface area contributed by atoms with Crippen LogP contribution in [0.1, 0.15) is 11.1 Å². The van der Waals surface area contributed by atoms with Gasteiger partial charge in [0.15, 0.2) is 0 Å². The summed E-state index contributed by atoms with van der Waals surface area (Å²) in [6.07, 6.45) is 2.42. The van der Waals surface area contributed by atoms with Crippen molar-refractivity contribution in [3.05, 3.63) is 59.0 Å². The van der Waals surface area contributed by atoms with E-state index in [1.165, 1.54) is 45.2 Å². The summed E-state index contributed by atoms with van der Waals surface area (Å²) < 4.78 is 0. The Kier molecular flexibility index (Phi) is 1.91. The number of hydrogen-bond acceptors (Lipinski definition) is 1. The molecule has 4 rings (SSSR count). The molecule has 0 atom stereocenters. The minimum absolute atomic E-state index is 1.21. The summed E-state index contributed by atoms with van der Waals surface area (Å²) in [5.41, 5.74) is 4.44. The highest BCUT2D eigenvalue weighted by Gasteiger charge is 2.16. The summed E-state index contributed by atoms with van der Waals surface area (Å²) in [5, 5.41) is 5.09. The van der Waals surface area contributed by atoms with E-state index >= 15 is 0 Å². The highest BCUT2D eigenvalue weighted by molar-refractivity contribution is 7.13. The lowest BCUT2D eigenvalue weighted by Gasteiger charge is -2.07. The predicted molar refractivity (Wildman–Crippen MR) is 74.7 cm³/mol. The third-order valence-corrected chi connectivity index (χ3v) is 4.57. The maximum atomic E-state index is 2.31. The maximum absolute atomic E-state index is 2.31. The van der Waals surface area contributed by atoms with Gasteiger partial charge in [-0.1, -0.05) is 36.4 Å². The summed E-state index contributed by atoms with van der Waals surface area (Å²) in [7, 11) is 0. The first-order valence-electron chi connectivity index (χ1n) is 6.01. The molecule has 0 bridgehead atoms. The minimum atomic E-state index is 1.21. The van der Waals surface area contributed by atoms with Crippen molar-refractivity contribution in [1.82, 2.24) is 0 Å². The molecule has 0 nitrogen and oxygen atoms in total. The molecule has 0 unspecified atom stereocenters. The Bertz CT molecular complexity index is 683. The van der Waals surface area contributed by atoms with Crippen LogP contribution >= 0.6 is 11.3 Å². The summed E-state index contributed by atoms with van der Waals surface area (Å²) >= 11 is 1.82. The van der Waals surface area contributed by atoms with E-state index in [1.54, 1.807) is 0 Å². The monoisotopic (exact) mass is 236 g/mol. The van der Waals surface area contributed by atoms with Crippen molar-refractivity contribution >= 4 is 22.1 Å². The third-order valence-electron chi connectivity index (χ3n) is 3.66. The van der Waals surface area contributed by atoms with Crippen molar-refractivity contribution in [2.75, 3.05) is 0 Å². The van der Waals surface area contributed by atoms with Gasteiger partial charge in [-0.25, -0.2) is 0 Å². The van der Waals surface area contributed by atoms with Crippen molar-refractivity contribution in [2.24, 2.45) is 0 Å². The summed E-state index contributed by atoms with van der Waals surface area (Å²) in [4.78, 5) is 1.38. The van der Waals surface area contributed by atoms with Crippen molar-refractivity contribution < 1.29 is 0 Å². The van der Waals surface area contributed by atoms with Gasteiger partial charge in [-0.05, 0) is 51.8 Å². The van der Waals surface area contributed by atoms with Gasteiger partial charge in [0.25, 0.3) is 0 Å². The topological polar surface area (TPSA) is 0 Å². The van der Waals surface area contributed by atoms with Crippen molar-refractivity contribution in [3.63, 3.8) is 0 Å². The van der Waals surface area contributed by atoms with Crippen LogP contribution < -0.4 is 0 Å². The lowest BCUT2D eigenvalue weighted by Crippen LogP contribution is -1.82. The fourth-order valence-electron chi connectivity index (χ4n) is 2.89. The first-order valence-corrected chi connectivity index (χ1v) is 6.89. The molecule has 17 heavy (non-hydrogen) atoms. The van der Waals surface area contributed by atoms with Gasteiger partial charge in [-0.15, -0.1) is 11.3 Å². The SMILES string of the molecule is c1csc(-c2ccc3c4c(cccc24)CC3)c1. The summed E-state index contributed by atoms with van der Waals surface area (Å²) in [5.74, 6) is 0. The van der Waals surface area contributed by atoms with Crippen LogP contribution in [0.4, 0.5) is 0 Å². The van der Waals surface area contributed by atoms with Gasteiger partial charge in [0.2, 0.25) is 0 Å². The highest BCUT2D eigenvalue weighted by Crippen LogP contribution is 2.38. The molecule has 1 aliphatic rings. The number of aryl methyl sites for hydroxylation is 2. The number of hydrogen-bond donors (Lipinski definition) is 0. The maximum Gasteiger partial charge on any atom is 0.0348 e. The average Bonchev–Trinajstić information content (AvgIpc) is 3.00. The fraction of sp³-hybridized carbons (Fsp3) is 0.125. The van der Waals surface area contributed by atoms with Crippen molar-refractivity contribution in [1.29, 1.82) is 0 Å². The van der Waals surface area contributed by atoms with Crippen molar-refractivity contribution in [3.8, 4) is 10.4 Å². The Hall–Kier alpha value is -1.60. The van der Waals surface area contributed by atoms with E-state index < -0.39 is 0 Å². The van der Waals surface area contributed by atoms with Gasteiger partial charge in [0.1, 0.15) is 0 Å². The van der Waals surface area contributed by atoms with Crippen LogP contribution in [0.3, 0.4) is 0 Å². The Morgan fingerprint density at radius 2 is 1.71 bits per heavy atom. The molecule has 0 radical (unpaired) electrons. The molecule has 82 valence electrons. The van der Waals surface area contributed by atoms with E-state index in [-0.39, 0.29) is 0 Å². The fourth-order valence-corrected chi connectivity index (χ4v) is 3.66. The molecule has 0 fully saturated rings. The predicted octanol–water partition coefficient (Wildman–Crippen LogP) is 4.67. The van der Waals surface area contributed by atoms with Gasteiger partial charge in [-0.3, -0.25) is 0 Å². The molecule has 0 spiro atoms. The molecule has 0 N–H and O–H groups in total. The van der Waals surface area contributed by atoms with Gasteiger partial charge < -0.3 is 0 Å². The van der Waals surface area contributed by atoms with E-state index in [4.69, 9.17) is 0 Å². The molecule has 0 saturated carbocycles. The van der Waals surface area contributed by atoms with E-state index in [0.717, 1.165) is 0 Å². The van der Waals surface area contributed by atoms with Crippen LogP contribution in [0.2, 0.25) is 0 Å². The molecule has 0 amide bonds. The van der Waals surface area contributed by atoms with Gasteiger partial charge in [0, 0.05) is 4.88 Å². The molecule has 1 heteroatoms. The van der Waals surface area contributed by atoms with Crippen LogP contribution in [0.15, 0.2) is 47.8 Å². The molecular formula is C16H12S. The van der Waals surface area contributed by atoms with Gasteiger partial charge in [0.05, 0.1) is 0 Å². The summed E-state index contributed by atoms with van der Waals surface area (Å²) in [6, 6.07) is 15.7. The Morgan fingerprint density at radius 1 is 0.824 bits per heavy atom. The lowest BCUT2D eigenvalue weighted by atomic mass is 9.99. The minimum Gasteiger partial charge on any atom is -0.144 e. The smallest absolute Gasteiger partial charge is 0.0348 e. The zero-order chi connectivity index (χ0) is 11.2. The highest BCUT2D eigenvalue weighted by atomic mass is 32.1. The Morgan fingerprint density at radius 3 is 2.53 bits per heavy atom. The van der Waals surface area contributed by atoms with E-state index in [9.17, 15) is 0 Å². The van der Waals surface area contributed by atoms with E-state index in [1.807, 2.05) is 11.3 Å². The zero-order valence-corrected chi connectivity index (χ0v) is 10.3. The normalized spacial score (nSPS) is 13.4. The average molecular weight is 236 g/mol. The molecule has 1 heterocycles. The second-order valence-corrected chi connectivity index (χ2v) is 5.54. The lowest BCUT2D eigenvalue weighted by molar-refractivity contribution is 1.02. The summed E-state index contributed by atoms with van der Waals surface area (Å²) in [6.45, 7) is 0. The Balaban J connectivity index is 2.14. The van der Waals surface area contributed by atoms with Crippen LogP contribution in [-0.4, -0.2) is 0 Å². The molecule has 2 aromatic carbocycles. The number of benzene rings is 2. The Labute approximate surface area is 105 Å². The van der Waals surface area contributed by atoms with E-state index in [0.29, 0.717) is 0 Å². The molecule has 1 aliphatic carbocycles. The van der Waals surface area contributed by atoms with Crippen molar-refractivity contribution in [2.45, 2.75) is 12.8 Å². The first kappa shape index (κ1) is 9.43. The second kappa shape index (κ2) is 3.44. The van der Waals surface area contributed by atoms with Crippen LogP contribution in [0.25, 0.3) is 21.2 Å². The largest absolute Gasteiger partial charge is 0.144 e. The van der Waals surface area contributed by atoms with E-state index in [2.05, 4.69) is 47.8 Å². The molecule has 0 aliphatic heterocycles. The standard InChI is InChI=1S/C16H12S/c1-3-11-6-7-12-8-9-13(14(4-1)16(11)12)15-5-2-10-17-15/h1-5,8-10H,6-7H2. The van der Waals surface area contributed by atoms with Crippen LogP contribution in [-0.2, 0) is 12.8 Å². The molecule has 3 aromatic rings. The van der Waals surface area contributed by atoms with Gasteiger partial charge >= 0.3 is 0 Å². The second-order valence-electron chi connectivity index (χ2n) is 4.59. The number of thiophene rings is 1. The third kappa shape index (κ3) is 1.29. The van der Waals surface area contributed by atoms with Gasteiger partial charge in [-0.2, -0.15) is 0 Å². The number of rotatable bonds is 1. The zero-order valence-electron chi connectivity index (χ0n) is 9.44. The molecule has 1 aromatic heterocycles. The van der Waals surface area contributed by atoms with Crippen LogP contribution in [0, 0.1) is 0 Å².